The number of aromatic nitrogens is 2. The van der Waals surface area contributed by atoms with Crippen molar-refractivity contribution in [1.82, 2.24) is 15.5 Å². The SMILES string of the molecule is COc1cc(C(CC(=O)NCc2cn[nH]c2C)c2c(O)cc3c(c2O)C(=O)O[C@@H](C)CCCC(=O)CCCC=C3)cc(OC)c1OC. The van der Waals surface area contributed by atoms with Gasteiger partial charge in [0, 0.05) is 48.5 Å². The summed E-state index contributed by atoms with van der Waals surface area (Å²) in [7, 11) is 4.37. The molecule has 1 aliphatic rings. The van der Waals surface area contributed by atoms with E-state index in [1.165, 1.54) is 27.4 Å². The summed E-state index contributed by atoms with van der Waals surface area (Å²) in [5.74, 6) is -1.93. The van der Waals surface area contributed by atoms with E-state index in [4.69, 9.17) is 18.9 Å². The van der Waals surface area contributed by atoms with Gasteiger partial charge in [0.1, 0.15) is 22.8 Å². The van der Waals surface area contributed by atoms with Crippen LogP contribution >= 0.6 is 0 Å². The third-order valence-corrected chi connectivity index (χ3v) is 8.29. The molecule has 12 nitrogen and oxygen atoms in total. The van der Waals surface area contributed by atoms with Crippen LogP contribution in [0.1, 0.15) is 96.1 Å². The van der Waals surface area contributed by atoms with E-state index in [2.05, 4.69) is 15.5 Å². The first-order valence-electron chi connectivity index (χ1n) is 15.6. The summed E-state index contributed by atoms with van der Waals surface area (Å²) in [5, 5.41) is 33.0. The van der Waals surface area contributed by atoms with Gasteiger partial charge in [-0.1, -0.05) is 12.2 Å². The van der Waals surface area contributed by atoms with E-state index in [-0.39, 0.29) is 41.2 Å². The molecule has 12 heteroatoms. The molecular formula is C35H43N3O9. The van der Waals surface area contributed by atoms with Crippen molar-refractivity contribution < 1.29 is 43.5 Å². The van der Waals surface area contributed by atoms with Crippen molar-refractivity contribution in [1.29, 1.82) is 0 Å². The first kappa shape index (κ1) is 34.9. The molecule has 0 saturated heterocycles. The fourth-order valence-corrected chi connectivity index (χ4v) is 5.71. The van der Waals surface area contributed by atoms with Gasteiger partial charge in [0.05, 0.1) is 33.6 Å². The quantitative estimate of drug-likeness (QED) is 0.218. The van der Waals surface area contributed by atoms with E-state index in [0.717, 1.165) is 11.3 Å². The number of esters is 1. The maximum atomic E-state index is 13.7. The van der Waals surface area contributed by atoms with Crippen LogP contribution in [0, 0.1) is 6.92 Å². The largest absolute Gasteiger partial charge is 0.507 e. The number of H-pyrrole nitrogens is 1. The minimum atomic E-state index is -0.979. The van der Waals surface area contributed by atoms with E-state index in [1.54, 1.807) is 37.4 Å². The molecule has 0 spiro atoms. The number of allylic oxidation sites excluding steroid dienone is 1. The molecule has 4 N–H and O–H groups in total. The number of nitrogens with zero attached hydrogens (tertiary/aromatic N) is 1. The molecule has 1 unspecified atom stereocenters. The first-order valence-corrected chi connectivity index (χ1v) is 15.6. The fraction of sp³-hybridized carbons (Fsp3) is 0.429. The number of fused-ring (bicyclic) bond motifs is 1. The zero-order chi connectivity index (χ0) is 34.1. The summed E-state index contributed by atoms with van der Waals surface area (Å²) >= 11 is 0. The van der Waals surface area contributed by atoms with Crippen molar-refractivity contribution >= 4 is 23.7 Å². The molecule has 2 heterocycles. The van der Waals surface area contributed by atoms with E-state index >= 15 is 0 Å². The Kier molecular flexibility index (Phi) is 11.9. The predicted molar refractivity (Wildman–Crippen MR) is 174 cm³/mol. The maximum Gasteiger partial charge on any atom is 0.342 e. The number of carbonyl (C=O) groups excluding carboxylic acids is 3. The van der Waals surface area contributed by atoms with Crippen molar-refractivity contribution in [3.05, 3.63) is 64.0 Å². The average molecular weight is 650 g/mol. The van der Waals surface area contributed by atoms with Crippen LogP contribution in [0.25, 0.3) is 6.08 Å². The summed E-state index contributed by atoms with van der Waals surface area (Å²) in [6, 6.07) is 4.64. The molecule has 0 saturated carbocycles. The van der Waals surface area contributed by atoms with Gasteiger partial charge in [-0.15, -0.1) is 0 Å². The number of rotatable bonds is 9. The highest BCUT2D eigenvalue weighted by Gasteiger charge is 2.32. The summed E-state index contributed by atoms with van der Waals surface area (Å²) in [6.45, 7) is 3.77. The van der Waals surface area contributed by atoms with Crippen LogP contribution in [0.4, 0.5) is 0 Å². The number of aryl methyl sites for hydroxylation is 1. The van der Waals surface area contributed by atoms with Crippen LogP contribution in [0.5, 0.6) is 28.7 Å². The van der Waals surface area contributed by atoms with Crippen molar-refractivity contribution in [3.8, 4) is 28.7 Å². The number of methoxy groups -OCH3 is 3. The molecule has 47 heavy (non-hydrogen) atoms. The number of nitrogens with one attached hydrogen (secondary N) is 2. The molecule has 2 aromatic carbocycles. The lowest BCUT2D eigenvalue weighted by molar-refractivity contribution is -0.121. The van der Waals surface area contributed by atoms with Crippen LogP contribution in [0.15, 0.2) is 30.5 Å². The molecule has 1 aliphatic heterocycles. The first-order chi connectivity index (χ1) is 22.6. The lowest BCUT2D eigenvalue weighted by Crippen LogP contribution is -2.25. The number of aromatic hydroxyl groups is 2. The van der Waals surface area contributed by atoms with Crippen molar-refractivity contribution in [3.63, 3.8) is 0 Å². The maximum absolute atomic E-state index is 13.7. The Labute approximate surface area is 274 Å². The van der Waals surface area contributed by atoms with Crippen LogP contribution in [-0.4, -0.2) is 65.5 Å². The second-order valence-electron chi connectivity index (χ2n) is 11.6. The van der Waals surface area contributed by atoms with Crippen LogP contribution < -0.4 is 19.5 Å². The lowest BCUT2D eigenvalue weighted by atomic mass is 9.84. The Morgan fingerprint density at radius 3 is 2.43 bits per heavy atom. The molecule has 4 rings (SSSR count). The number of aromatic amines is 1. The van der Waals surface area contributed by atoms with Crippen LogP contribution in [-0.2, 0) is 20.9 Å². The normalized spacial score (nSPS) is 16.4. The third kappa shape index (κ3) is 8.43. The number of carbonyl (C=O) groups is 3. The number of amides is 1. The van der Waals surface area contributed by atoms with E-state index in [1.807, 2.05) is 6.92 Å². The Bertz CT molecular complexity index is 1600. The number of Topliss-reactive ketones (excluding diaryl/α,β-unsaturated/α-hetero) is 1. The van der Waals surface area contributed by atoms with Gasteiger partial charge in [-0.05, 0) is 68.9 Å². The third-order valence-electron chi connectivity index (χ3n) is 8.29. The summed E-state index contributed by atoms with van der Waals surface area (Å²) in [6.07, 6.45) is 7.35. The zero-order valence-corrected chi connectivity index (χ0v) is 27.5. The van der Waals surface area contributed by atoms with E-state index in [9.17, 15) is 24.6 Å². The number of phenolic OH excluding ortho intramolecular Hbond substituents is 2. The smallest absolute Gasteiger partial charge is 0.342 e. The van der Waals surface area contributed by atoms with Gasteiger partial charge < -0.3 is 34.5 Å². The van der Waals surface area contributed by atoms with E-state index in [0.29, 0.717) is 61.3 Å². The van der Waals surface area contributed by atoms with Crippen molar-refractivity contribution in [2.45, 2.75) is 77.4 Å². The topological polar surface area (TPSA) is 169 Å². The molecule has 0 fully saturated rings. The van der Waals surface area contributed by atoms with Crippen LogP contribution in [0.3, 0.4) is 0 Å². The van der Waals surface area contributed by atoms with Gasteiger partial charge in [-0.25, -0.2) is 4.79 Å². The second kappa shape index (κ2) is 16.0. The van der Waals surface area contributed by atoms with Crippen molar-refractivity contribution in [2.75, 3.05) is 21.3 Å². The summed E-state index contributed by atoms with van der Waals surface area (Å²) in [4.78, 5) is 39.3. The lowest BCUT2D eigenvalue weighted by Gasteiger charge is -2.24. The fourth-order valence-electron chi connectivity index (χ4n) is 5.71. The molecule has 2 atom stereocenters. The molecular weight excluding hydrogens is 606 g/mol. The minimum Gasteiger partial charge on any atom is -0.507 e. The molecule has 3 aromatic rings. The number of hydrogen-bond donors (Lipinski definition) is 4. The Hall–Kier alpha value is -5.00. The number of ether oxygens (including phenoxy) is 4. The standard InChI is InChI=1S/C35H43N3O9/c1-20-10-9-13-25(39)12-8-6-7-11-22-14-27(40)32(33(42)31(22)35(43)47-20)26(17-30(41)36-18-24-19-37-38-21(24)2)23-15-28(44-3)34(46-5)29(16-23)45-4/h7,11,14-16,19-20,26,40,42H,6,8-10,12-13,17-18H2,1-5H3,(H,36,41)(H,37,38)/t20-,26?/m0/s1. The predicted octanol–water partition coefficient (Wildman–Crippen LogP) is 5.48. The van der Waals surface area contributed by atoms with Crippen molar-refractivity contribution in [2.24, 2.45) is 0 Å². The number of benzene rings is 2. The molecule has 0 bridgehead atoms. The van der Waals surface area contributed by atoms with E-state index < -0.39 is 29.6 Å². The monoisotopic (exact) mass is 649 g/mol. The van der Waals surface area contributed by atoms with Gasteiger partial charge in [-0.2, -0.15) is 5.10 Å². The van der Waals surface area contributed by atoms with Gasteiger partial charge >= 0.3 is 5.97 Å². The highest BCUT2D eigenvalue weighted by molar-refractivity contribution is 5.98. The van der Waals surface area contributed by atoms with Gasteiger partial charge in [0.2, 0.25) is 11.7 Å². The Balaban J connectivity index is 1.85. The average Bonchev–Trinajstić information content (AvgIpc) is 3.45. The highest BCUT2D eigenvalue weighted by Crippen LogP contribution is 2.47. The minimum absolute atomic E-state index is 0.0441. The second-order valence-corrected chi connectivity index (χ2v) is 11.6. The molecule has 252 valence electrons. The zero-order valence-electron chi connectivity index (χ0n) is 27.5. The number of hydrogen-bond acceptors (Lipinski definition) is 10. The Morgan fingerprint density at radius 2 is 1.79 bits per heavy atom. The number of ketones is 1. The number of phenols is 2. The molecule has 1 aromatic heterocycles. The van der Waals surface area contributed by atoms with Gasteiger partial charge in [-0.3, -0.25) is 14.7 Å². The number of cyclic esters (lactones) is 1. The van der Waals surface area contributed by atoms with Gasteiger partial charge in [0.25, 0.3) is 0 Å². The molecule has 1 amide bonds. The summed E-state index contributed by atoms with van der Waals surface area (Å²) in [5.41, 5.74) is 2.11. The van der Waals surface area contributed by atoms with Crippen LogP contribution in [0.2, 0.25) is 0 Å². The summed E-state index contributed by atoms with van der Waals surface area (Å²) < 4.78 is 22.3. The van der Waals surface area contributed by atoms with Gasteiger partial charge in [0.15, 0.2) is 11.5 Å². The molecule has 0 radical (unpaired) electrons. The molecule has 0 aliphatic carbocycles. The Morgan fingerprint density at radius 1 is 1.09 bits per heavy atom. The highest BCUT2D eigenvalue weighted by atomic mass is 16.5.